The van der Waals surface area contributed by atoms with Gasteiger partial charge in [0, 0.05) is 55.2 Å². The van der Waals surface area contributed by atoms with Crippen LogP contribution in [0.5, 0.6) is 0 Å². The fourth-order valence-corrected chi connectivity index (χ4v) is 6.75. The molecule has 0 aliphatic carbocycles. The standard InChI is InChI=1S/C26H29N3O4S/c1-18-10-11-23-19(16-18)17-33-26(30)29(23)20-12-14-28(15-13-20)34(31,32)25-9-5-6-21-22(25)7-4-8-24(21)27(2)3/h4-11,16,20H,12-15,17H2,1-3H3. The monoisotopic (exact) mass is 479 g/mol. The Kier molecular flexibility index (Phi) is 5.73. The topological polar surface area (TPSA) is 70.2 Å². The molecule has 5 rings (SSSR count). The molecular weight excluding hydrogens is 450 g/mol. The molecule has 0 bridgehead atoms. The van der Waals surface area contributed by atoms with E-state index in [1.807, 2.05) is 68.4 Å². The first-order valence-corrected chi connectivity index (χ1v) is 13.0. The maximum Gasteiger partial charge on any atom is 0.414 e. The third kappa shape index (κ3) is 3.80. The van der Waals surface area contributed by atoms with Gasteiger partial charge in [0.05, 0.1) is 10.6 Å². The number of benzene rings is 3. The summed E-state index contributed by atoms with van der Waals surface area (Å²) in [7, 11) is 0.216. The fraction of sp³-hybridized carbons (Fsp3) is 0.346. The van der Waals surface area contributed by atoms with Crippen molar-refractivity contribution in [1.29, 1.82) is 0 Å². The van der Waals surface area contributed by atoms with Crippen molar-refractivity contribution in [3.05, 3.63) is 65.7 Å². The third-order valence-corrected chi connectivity index (χ3v) is 8.75. The molecule has 0 unspecified atom stereocenters. The van der Waals surface area contributed by atoms with Crippen LogP contribution >= 0.6 is 0 Å². The third-order valence-electron chi connectivity index (χ3n) is 6.79. The zero-order valence-electron chi connectivity index (χ0n) is 19.7. The molecule has 8 heteroatoms. The molecule has 3 aromatic rings. The van der Waals surface area contributed by atoms with Crippen molar-refractivity contribution in [1.82, 2.24) is 4.31 Å². The van der Waals surface area contributed by atoms with Crippen LogP contribution in [0.4, 0.5) is 16.2 Å². The van der Waals surface area contributed by atoms with E-state index in [0.29, 0.717) is 30.8 Å². The molecule has 0 N–H and O–H groups in total. The van der Waals surface area contributed by atoms with Crippen molar-refractivity contribution >= 4 is 38.3 Å². The van der Waals surface area contributed by atoms with Gasteiger partial charge in [0.15, 0.2) is 0 Å². The number of amides is 1. The molecule has 2 heterocycles. The number of fused-ring (bicyclic) bond motifs is 2. The van der Waals surface area contributed by atoms with E-state index in [9.17, 15) is 13.2 Å². The Morgan fingerprint density at radius 3 is 2.41 bits per heavy atom. The summed E-state index contributed by atoms with van der Waals surface area (Å²) in [5, 5.41) is 1.63. The largest absolute Gasteiger partial charge is 0.444 e. The Labute approximate surface area is 200 Å². The minimum absolute atomic E-state index is 0.103. The van der Waals surface area contributed by atoms with Crippen LogP contribution in [0.3, 0.4) is 0 Å². The van der Waals surface area contributed by atoms with E-state index >= 15 is 0 Å². The molecule has 1 fully saturated rings. The molecule has 0 aromatic heterocycles. The van der Waals surface area contributed by atoms with Gasteiger partial charge in [-0.1, -0.05) is 42.0 Å². The first-order valence-electron chi connectivity index (χ1n) is 11.5. The highest BCUT2D eigenvalue weighted by atomic mass is 32.2. The lowest BCUT2D eigenvalue weighted by atomic mass is 10.0. The van der Waals surface area contributed by atoms with E-state index in [0.717, 1.165) is 33.3 Å². The van der Waals surface area contributed by atoms with E-state index in [4.69, 9.17) is 4.74 Å². The van der Waals surface area contributed by atoms with Crippen molar-refractivity contribution in [2.75, 3.05) is 37.0 Å². The SMILES string of the molecule is Cc1ccc2c(c1)COC(=O)N2C1CCN(S(=O)(=O)c2cccc3c(N(C)C)cccc23)CC1. The first kappa shape index (κ1) is 22.7. The molecule has 34 heavy (non-hydrogen) atoms. The highest BCUT2D eigenvalue weighted by Gasteiger charge is 2.37. The van der Waals surface area contributed by atoms with Crippen LogP contribution in [0.1, 0.15) is 24.0 Å². The number of hydrogen-bond acceptors (Lipinski definition) is 5. The summed E-state index contributed by atoms with van der Waals surface area (Å²) in [5.74, 6) is 0. The van der Waals surface area contributed by atoms with Crippen molar-refractivity contribution in [3.8, 4) is 0 Å². The van der Waals surface area contributed by atoms with E-state index in [-0.39, 0.29) is 18.7 Å². The van der Waals surface area contributed by atoms with Crippen LogP contribution in [0.2, 0.25) is 0 Å². The molecule has 0 saturated carbocycles. The molecule has 178 valence electrons. The lowest BCUT2D eigenvalue weighted by Crippen LogP contribution is -2.50. The molecular formula is C26H29N3O4S. The second-order valence-corrected chi connectivity index (χ2v) is 11.1. The van der Waals surface area contributed by atoms with Gasteiger partial charge in [0.1, 0.15) is 6.61 Å². The average Bonchev–Trinajstić information content (AvgIpc) is 2.83. The van der Waals surface area contributed by atoms with Gasteiger partial charge < -0.3 is 9.64 Å². The number of rotatable bonds is 4. The highest BCUT2D eigenvalue weighted by Crippen LogP contribution is 2.35. The summed E-state index contributed by atoms with van der Waals surface area (Å²) in [5.41, 5.74) is 3.95. The number of ether oxygens (including phenoxy) is 1. The van der Waals surface area contributed by atoms with E-state index in [1.165, 1.54) is 0 Å². The van der Waals surface area contributed by atoms with Crippen LogP contribution in [-0.4, -0.2) is 52.0 Å². The smallest absolute Gasteiger partial charge is 0.414 e. The Hall–Kier alpha value is -3.10. The van der Waals surface area contributed by atoms with Crippen LogP contribution in [0.25, 0.3) is 10.8 Å². The maximum atomic E-state index is 13.7. The van der Waals surface area contributed by atoms with E-state index < -0.39 is 10.0 Å². The van der Waals surface area contributed by atoms with Gasteiger partial charge in [0.25, 0.3) is 0 Å². The number of piperidine rings is 1. The number of sulfonamides is 1. The van der Waals surface area contributed by atoms with E-state index in [1.54, 1.807) is 21.3 Å². The molecule has 0 spiro atoms. The first-order chi connectivity index (χ1) is 16.3. The fourth-order valence-electron chi connectivity index (χ4n) is 5.08. The predicted molar refractivity (Wildman–Crippen MR) is 134 cm³/mol. The Morgan fingerprint density at radius 2 is 1.68 bits per heavy atom. The maximum absolute atomic E-state index is 13.7. The summed E-state index contributed by atoms with van der Waals surface area (Å²) in [4.78, 5) is 16.7. The normalized spacial score (nSPS) is 17.5. The second kappa shape index (κ2) is 8.60. The van der Waals surface area contributed by atoms with Crippen LogP contribution < -0.4 is 9.80 Å². The number of anilines is 2. The van der Waals surface area contributed by atoms with Gasteiger partial charge >= 0.3 is 6.09 Å². The van der Waals surface area contributed by atoms with Crippen LogP contribution in [-0.2, 0) is 21.4 Å². The van der Waals surface area contributed by atoms with Gasteiger partial charge in [-0.25, -0.2) is 13.2 Å². The van der Waals surface area contributed by atoms with Gasteiger partial charge in [-0.05, 0) is 38.0 Å². The molecule has 1 saturated heterocycles. The minimum Gasteiger partial charge on any atom is -0.444 e. The van der Waals surface area contributed by atoms with E-state index in [2.05, 4.69) is 0 Å². The molecule has 2 aliphatic heterocycles. The molecule has 0 atom stereocenters. The molecule has 1 amide bonds. The summed E-state index contributed by atoms with van der Waals surface area (Å²) < 4.78 is 34.3. The number of aryl methyl sites for hydroxylation is 1. The van der Waals surface area contributed by atoms with Gasteiger partial charge in [-0.3, -0.25) is 4.90 Å². The van der Waals surface area contributed by atoms with Gasteiger partial charge in [-0.15, -0.1) is 0 Å². The Balaban J connectivity index is 1.41. The lowest BCUT2D eigenvalue weighted by molar-refractivity contribution is 0.135. The summed E-state index contributed by atoms with van der Waals surface area (Å²) in [6.45, 7) is 2.98. The summed E-state index contributed by atoms with van der Waals surface area (Å²) in [6, 6.07) is 17.1. The number of carbonyl (C=O) groups is 1. The average molecular weight is 480 g/mol. The van der Waals surface area contributed by atoms with Crippen LogP contribution in [0.15, 0.2) is 59.5 Å². The second-order valence-electron chi connectivity index (χ2n) is 9.21. The van der Waals surface area contributed by atoms with Crippen molar-refractivity contribution in [2.24, 2.45) is 0 Å². The number of cyclic esters (lactones) is 1. The minimum atomic E-state index is -3.68. The molecule has 3 aromatic carbocycles. The van der Waals surface area contributed by atoms with Crippen LogP contribution in [0, 0.1) is 6.92 Å². The molecule has 0 radical (unpaired) electrons. The zero-order valence-corrected chi connectivity index (χ0v) is 20.5. The summed E-state index contributed by atoms with van der Waals surface area (Å²) >= 11 is 0. The Bertz CT molecular complexity index is 1360. The summed E-state index contributed by atoms with van der Waals surface area (Å²) in [6.07, 6.45) is 0.744. The number of carbonyl (C=O) groups excluding carboxylic acids is 1. The zero-order chi connectivity index (χ0) is 24.0. The van der Waals surface area contributed by atoms with Gasteiger partial charge in [0.2, 0.25) is 10.0 Å². The molecule has 2 aliphatic rings. The number of hydrogen-bond donors (Lipinski definition) is 0. The quantitative estimate of drug-likeness (QED) is 0.550. The van der Waals surface area contributed by atoms with Crippen molar-refractivity contribution in [2.45, 2.75) is 37.3 Å². The van der Waals surface area contributed by atoms with Gasteiger partial charge in [-0.2, -0.15) is 4.31 Å². The molecule has 7 nitrogen and oxygen atoms in total. The Morgan fingerprint density at radius 1 is 0.971 bits per heavy atom. The lowest BCUT2D eigenvalue weighted by Gasteiger charge is -2.40. The van der Waals surface area contributed by atoms with Crippen molar-refractivity contribution < 1.29 is 17.9 Å². The number of nitrogens with zero attached hydrogens (tertiary/aromatic N) is 3. The highest BCUT2D eigenvalue weighted by molar-refractivity contribution is 7.89. The predicted octanol–water partition coefficient (Wildman–Crippen LogP) is 4.52. The van der Waals surface area contributed by atoms with Crippen molar-refractivity contribution in [3.63, 3.8) is 0 Å².